The van der Waals surface area contributed by atoms with Crippen LogP contribution in [0.25, 0.3) is 5.65 Å². The zero-order chi connectivity index (χ0) is 15.7. The lowest BCUT2D eigenvalue weighted by Gasteiger charge is -2.10. The van der Waals surface area contributed by atoms with Gasteiger partial charge in [0, 0.05) is 11.6 Å². The van der Waals surface area contributed by atoms with Crippen molar-refractivity contribution < 1.29 is 9.32 Å². The third kappa shape index (κ3) is 2.78. The molecular weight excluding hydrogens is 286 g/mol. The first kappa shape index (κ1) is 14.1. The minimum atomic E-state index is -0.270. The molecule has 0 aliphatic rings. The van der Waals surface area contributed by atoms with Gasteiger partial charge in [-0.25, -0.2) is 0 Å². The first-order valence-corrected chi connectivity index (χ1v) is 6.72. The average molecular weight is 301 g/mol. The first-order valence-electron chi connectivity index (χ1n) is 6.72. The highest BCUT2D eigenvalue weighted by atomic mass is 16.5. The van der Waals surface area contributed by atoms with Crippen molar-refractivity contribution >= 4 is 11.6 Å². The van der Waals surface area contributed by atoms with Crippen LogP contribution in [-0.4, -0.2) is 36.1 Å². The Labute approximate surface area is 125 Å². The Kier molecular flexibility index (Phi) is 3.32. The number of amides is 1. The average Bonchev–Trinajstić information content (AvgIpc) is 3.12. The van der Waals surface area contributed by atoms with E-state index in [0.717, 1.165) is 0 Å². The predicted molar refractivity (Wildman–Crippen MR) is 75.0 cm³/mol. The molecule has 0 spiro atoms. The third-order valence-electron chi connectivity index (χ3n) is 2.99. The van der Waals surface area contributed by atoms with Gasteiger partial charge in [0.15, 0.2) is 11.5 Å². The summed E-state index contributed by atoms with van der Waals surface area (Å²) in [6.07, 6.45) is 1.55. The van der Waals surface area contributed by atoms with Gasteiger partial charge in [0.2, 0.25) is 5.89 Å². The summed E-state index contributed by atoms with van der Waals surface area (Å²) in [4.78, 5) is 16.4. The van der Waals surface area contributed by atoms with E-state index < -0.39 is 0 Å². The van der Waals surface area contributed by atoms with Crippen LogP contribution in [0.1, 0.15) is 42.8 Å². The molecule has 0 radical (unpaired) electrons. The molecule has 22 heavy (non-hydrogen) atoms. The smallest absolute Gasteiger partial charge is 0.253 e. The van der Waals surface area contributed by atoms with Crippen molar-refractivity contribution in [2.45, 2.75) is 32.7 Å². The van der Waals surface area contributed by atoms with Crippen LogP contribution < -0.4 is 5.32 Å². The molecule has 3 heterocycles. The van der Waals surface area contributed by atoms with Crippen LogP contribution in [0, 0.1) is 0 Å². The molecular formula is C13H15N7O2. The van der Waals surface area contributed by atoms with Crippen LogP contribution in [0.2, 0.25) is 0 Å². The monoisotopic (exact) mass is 301 g/mol. The Hall–Kier alpha value is -2.84. The molecule has 0 fully saturated rings. The van der Waals surface area contributed by atoms with E-state index in [1.165, 1.54) is 4.52 Å². The van der Waals surface area contributed by atoms with Crippen molar-refractivity contribution in [3.8, 4) is 0 Å². The standard InChI is InChI=1S/C13H15N7O2/c1-13(2,3)12-15-10(22-17-12)6-14-11(21)8-4-5-9-16-18-19-20(9)7-8/h4-5,7H,6H2,1-3H3,(H,14,21). The van der Waals surface area contributed by atoms with E-state index in [9.17, 15) is 4.79 Å². The highest BCUT2D eigenvalue weighted by Crippen LogP contribution is 2.18. The maximum atomic E-state index is 12.1. The summed E-state index contributed by atoms with van der Waals surface area (Å²) < 4.78 is 6.55. The van der Waals surface area contributed by atoms with Gasteiger partial charge in [-0.05, 0) is 22.6 Å². The summed E-state index contributed by atoms with van der Waals surface area (Å²) in [6.45, 7) is 6.13. The van der Waals surface area contributed by atoms with Gasteiger partial charge in [-0.2, -0.15) is 9.50 Å². The summed E-state index contributed by atoms with van der Waals surface area (Å²) in [5.74, 6) is 0.696. The lowest BCUT2D eigenvalue weighted by atomic mass is 9.96. The molecule has 0 atom stereocenters. The van der Waals surface area contributed by atoms with E-state index in [-0.39, 0.29) is 17.9 Å². The number of carbonyl (C=O) groups is 1. The van der Waals surface area contributed by atoms with Crippen molar-refractivity contribution in [2.75, 3.05) is 0 Å². The van der Waals surface area contributed by atoms with E-state index in [1.807, 2.05) is 20.8 Å². The summed E-state index contributed by atoms with van der Waals surface area (Å²) >= 11 is 0. The quantitative estimate of drug-likeness (QED) is 0.759. The Morgan fingerprint density at radius 3 is 2.91 bits per heavy atom. The molecule has 0 saturated heterocycles. The van der Waals surface area contributed by atoms with Gasteiger partial charge in [-0.3, -0.25) is 4.79 Å². The van der Waals surface area contributed by atoms with Crippen LogP contribution >= 0.6 is 0 Å². The number of rotatable bonds is 3. The number of hydrogen-bond acceptors (Lipinski definition) is 7. The topological polar surface area (TPSA) is 111 Å². The molecule has 0 bridgehead atoms. The lowest BCUT2D eigenvalue weighted by molar-refractivity contribution is 0.0945. The van der Waals surface area contributed by atoms with Crippen LogP contribution in [0.4, 0.5) is 0 Å². The highest BCUT2D eigenvalue weighted by molar-refractivity contribution is 5.94. The fourth-order valence-electron chi connectivity index (χ4n) is 1.76. The molecule has 3 rings (SSSR count). The highest BCUT2D eigenvalue weighted by Gasteiger charge is 2.21. The lowest BCUT2D eigenvalue weighted by Crippen LogP contribution is -2.23. The van der Waals surface area contributed by atoms with E-state index in [0.29, 0.717) is 22.9 Å². The van der Waals surface area contributed by atoms with E-state index in [4.69, 9.17) is 4.52 Å². The normalized spacial score (nSPS) is 11.8. The molecule has 9 nitrogen and oxygen atoms in total. The maximum Gasteiger partial charge on any atom is 0.253 e. The molecule has 0 unspecified atom stereocenters. The van der Waals surface area contributed by atoms with Gasteiger partial charge < -0.3 is 9.84 Å². The molecule has 0 saturated carbocycles. The number of nitrogens with one attached hydrogen (secondary N) is 1. The van der Waals surface area contributed by atoms with Crippen LogP contribution in [0.15, 0.2) is 22.9 Å². The minimum Gasteiger partial charge on any atom is -0.343 e. The van der Waals surface area contributed by atoms with Gasteiger partial charge in [0.1, 0.15) is 0 Å². The second-order valence-electron chi connectivity index (χ2n) is 5.84. The van der Waals surface area contributed by atoms with E-state index in [2.05, 4.69) is 31.0 Å². The summed E-state index contributed by atoms with van der Waals surface area (Å²) in [7, 11) is 0. The molecule has 0 aliphatic heterocycles. The van der Waals surface area contributed by atoms with Crippen LogP contribution in [0.5, 0.6) is 0 Å². The fourth-order valence-corrected chi connectivity index (χ4v) is 1.76. The summed E-state index contributed by atoms with van der Waals surface area (Å²) in [6, 6.07) is 3.31. The molecule has 3 aromatic rings. The van der Waals surface area contributed by atoms with Crippen molar-refractivity contribution in [1.82, 2.24) is 35.5 Å². The zero-order valence-corrected chi connectivity index (χ0v) is 12.4. The third-order valence-corrected chi connectivity index (χ3v) is 2.99. The zero-order valence-electron chi connectivity index (χ0n) is 12.4. The number of fused-ring (bicyclic) bond motifs is 1. The van der Waals surface area contributed by atoms with E-state index >= 15 is 0 Å². The van der Waals surface area contributed by atoms with Crippen LogP contribution in [0.3, 0.4) is 0 Å². The molecule has 1 amide bonds. The number of tetrazole rings is 1. The molecule has 1 N–H and O–H groups in total. The largest absolute Gasteiger partial charge is 0.343 e. The van der Waals surface area contributed by atoms with Crippen molar-refractivity contribution in [1.29, 1.82) is 0 Å². The van der Waals surface area contributed by atoms with Gasteiger partial charge in [-0.1, -0.05) is 25.9 Å². The second kappa shape index (κ2) is 5.17. The molecule has 0 aromatic carbocycles. The van der Waals surface area contributed by atoms with Crippen molar-refractivity contribution in [2.24, 2.45) is 0 Å². The van der Waals surface area contributed by atoms with Crippen molar-refractivity contribution in [3.63, 3.8) is 0 Å². The van der Waals surface area contributed by atoms with Gasteiger partial charge >= 0.3 is 0 Å². The maximum absolute atomic E-state index is 12.1. The second-order valence-corrected chi connectivity index (χ2v) is 5.84. The Morgan fingerprint density at radius 1 is 1.36 bits per heavy atom. The number of carbonyl (C=O) groups excluding carboxylic acids is 1. The van der Waals surface area contributed by atoms with Gasteiger partial charge in [0.05, 0.1) is 12.1 Å². The molecule has 3 aromatic heterocycles. The SMILES string of the molecule is CC(C)(C)c1noc(CNC(=O)c2ccc3nnnn3c2)n1. The Balaban J connectivity index is 1.68. The summed E-state index contributed by atoms with van der Waals surface area (Å²) in [5, 5.41) is 17.7. The molecule has 114 valence electrons. The minimum absolute atomic E-state index is 0.162. The summed E-state index contributed by atoms with van der Waals surface area (Å²) in [5.41, 5.74) is 0.815. The number of aromatic nitrogens is 6. The predicted octanol–water partition coefficient (Wildman–Crippen LogP) is 0.735. The number of pyridine rings is 1. The van der Waals surface area contributed by atoms with E-state index in [1.54, 1.807) is 18.3 Å². The Morgan fingerprint density at radius 2 is 2.18 bits per heavy atom. The Bertz CT molecular complexity index is 815. The fraction of sp³-hybridized carbons (Fsp3) is 0.385. The van der Waals surface area contributed by atoms with Gasteiger partial charge in [0.25, 0.3) is 5.91 Å². The molecule has 9 heteroatoms. The number of hydrogen-bond donors (Lipinski definition) is 1. The van der Waals surface area contributed by atoms with Crippen LogP contribution in [-0.2, 0) is 12.0 Å². The first-order chi connectivity index (χ1) is 10.4. The van der Waals surface area contributed by atoms with Crippen molar-refractivity contribution in [3.05, 3.63) is 35.6 Å². The molecule has 0 aliphatic carbocycles. The van der Waals surface area contributed by atoms with Gasteiger partial charge in [-0.15, -0.1) is 5.10 Å². The number of nitrogens with zero attached hydrogens (tertiary/aromatic N) is 6.